The van der Waals surface area contributed by atoms with Crippen LogP contribution in [-0.4, -0.2) is 44.9 Å². The predicted molar refractivity (Wildman–Crippen MR) is 68.2 cm³/mol. The highest BCUT2D eigenvalue weighted by Crippen LogP contribution is 2.18. The first kappa shape index (κ1) is 16.6. The van der Waals surface area contributed by atoms with Gasteiger partial charge in [-0.1, -0.05) is 0 Å². The van der Waals surface area contributed by atoms with Crippen molar-refractivity contribution in [2.24, 2.45) is 11.7 Å². The number of rotatable bonds is 5. The Balaban J connectivity index is 0.00000256. The molecular weight excluding hydrogens is 244 g/mol. The normalized spacial score (nSPS) is 20.2. The molecule has 0 aromatic heterocycles. The molecule has 0 radical (unpaired) electrons. The van der Waals surface area contributed by atoms with Crippen LogP contribution < -0.4 is 11.1 Å². The van der Waals surface area contributed by atoms with E-state index in [2.05, 4.69) is 5.32 Å². The van der Waals surface area contributed by atoms with Crippen molar-refractivity contribution in [3.8, 4) is 0 Å². The number of halogens is 1. The minimum absolute atomic E-state index is 0. The van der Waals surface area contributed by atoms with Gasteiger partial charge in [0.05, 0.1) is 6.61 Å². The Labute approximate surface area is 109 Å². The van der Waals surface area contributed by atoms with Gasteiger partial charge in [0.25, 0.3) is 0 Å². The standard InChI is InChI=1S/C11H22N2O3.ClH/c1-8(9-3-5-16-6-4-9)13-11(14)10(12)7-15-2;/h8-10H,3-7,12H2,1-2H3,(H,13,14);1H. The zero-order valence-electron chi connectivity index (χ0n) is 10.5. The van der Waals surface area contributed by atoms with Crippen molar-refractivity contribution >= 4 is 18.3 Å². The molecule has 1 fully saturated rings. The van der Waals surface area contributed by atoms with Crippen molar-refractivity contribution in [2.75, 3.05) is 26.9 Å². The highest BCUT2D eigenvalue weighted by molar-refractivity contribution is 5.85. The van der Waals surface area contributed by atoms with Crippen LogP contribution in [0.1, 0.15) is 19.8 Å². The molecule has 3 N–H and O–H groups in total. The van der Waals surface area contributed by atoms with E-state index in [0.717, 1.165) is 26.1 Å². The summed E-state index contributed by atoms with van der Waals surface area (Å²) < 4.78 is 10.1. The summed E-state index contributed by atoms with van der Waals surface area (Å²) in [6, 6.07) is -0.424. The van der Waals surface area contributed by atoms with E-state index in [-0.39, 0.29) is 31.0 Å². The summed E-state index contributed by atoms with van der Waals surface area (Å²) in [4.78, 5) is 11.6. The zero-order chi connectivity index (χ0) is 12.0. The van der Waals surface area contributed by atoms with Gasteiger partial charge in [0.15, 0.2) is 0 Å². The van der Waals surface area contributed by atoms with Crippen molar-refractivity contribution in [3.05, 3.63) is 0 Å². The fourth-order valence-electron chi connectivity index (χ4n) is 1.92. The summed E-state index contributed by atoms with van der Waals surface area (Å²) in [5.41, 5.74) is 5.64. The van der Waals surface area contributed by atoms with Gasteiger partial charge in [0, 0.05) is 26.4 Å². The topological polar surface area (TPSA) is 73.6 Å². The maximum Gasteiger partial charge on any atom is 0.239 e. The molecule has 1 saturated heterocycles. The van der Waals surface area contributed by atoms with E-state index in [4.69, 9.17) is 15.2 Å². The molecule has 0 bridgehead atoms. The molecule has 1 aliphatic rings. The van der Waals surface area contributed by atoms with E-state index < -0.39 is 6.04 Å². The molecular formula is C11H23ClN2O3. The summed E-state index contributed by atoms with van der Waals surface area (Å²) in [6.07, 6.45) is 2.00. The Hall–Kier alpha value is -0.360. The molecule has 0 saturated carbocycles. The maximum atomic E-state index is 11.6. The lowest BCUT2D eigenvalue weighted by molar-refractivity contribution is -0.124. The molecule has 6 heteroatoms. The van der Waals surface area contributed by atoms with E-state index >= 15 is 0 Å². The first-order valence-corrected chi connectivity index (χ1v) is 5.77. The van der Waals surface area contributed by atoms with Crippen molar-refractivity contribution in [1.29, 1.82) is 0 Å². The van der Waals surface area contributed by atoms with E-state index in [9.17, 15) is 4.79 Å². The zero-order valence-corrected chi connectivity index (χ0v) is 11.3. The van der Waals surface area contributed by atoms with Crippen LogP contribution in [0.2, 0.25) is 0 Å². The van der Waals surface area contributed by atoms with Gasteiger partial charge in [-0.05, 0) is 25.7 Å². The second-order valence-corrected chi connectivity index (χ2v) is 4.31. The number of carbonyl (C=O) groups excluding carboxylic acids is 1. The predicted octanol–water partition coefficient (Wildman–Crippen LogP) is 0.313. The van der Waals surface area contributed by atoms with Gasteiger partial charge in [-0.3, -0.25) is 4.79 Å². The molecule has 2 unspecified atom stereocenters. The van der Waals surface area contributed by atoms with Crippen molar-refractivity contribution in [1.82, 2.24) is 5.32 Å². The highest BCUT2D eigenvalue weighted by Gasteiger charge is 2.23. The third-order valence-corrected chi connectivity index (χ3v) is 3.03. The van der Waals surface area contributed by atoms with E-state index in [1.807, 2.05) is 6.92 Å². The average molecular weight is 267 g/mol. The molecule has 0 spiro atoms. The number of nitrogens with one attached hydrogen (secondary N) is 1. The van der Waals surface area contributed by atoms with Gasteiger partial charge in [0.2, 0.25) is 5.91 Å². The molecule has 5 nitrogen and oxygen atoms in total. The van der Waals surface area contributed by atoms with Crippen LogP contribution >= 0.6 is 12.4 Å². The number of methoxy groups -OCH3 is 1. The maximum absolute atomic E-state index is 11.6. The van der Waals surface area contributed by atoms with Crippen LogP contribution in [0.15, 0.2) is 0 Å². The first-order valence-electron chi connectivity index (χ1n) is 5.77. The van der Waals surface area contributed by atoms with Gasteiger partial charge in [-0.2, -0.15) is 0 Å². The van der Waals surface area contributed by atoms with Gasteiger partial charge in [-0.25, -0.2) is 0 Å². The lowest BCUT2D eigenvalue weighted by Crippen LogP contribution is -2.49. The third-order valence-electron chi connectivity index (χ3n) is 3.03. The van der Waals surface area contributed by atoms with E-state index in [1.165, 1.54) is 7.11 Å². The smallest absolute Gasteiger partial charge is 0.239 e. The number of hydrogen-bond acceptors (Lipinski definition) is 4. The Morgan fingerprint density at radius 1 is 1.53 bits per heavy atom. The van der Waals surface area contributed by atoms with Crippen LogP contribution in [-0.2, 0) is 14.3 Å². The van der Waals surface area contributed by atoms with Crippen LogP contribution in [0.4, 0.5) is 0 Å². The second kappa shape index (κ2) is 8.69. The number of ether oxygens (including phenoxy) is 2. The van der Waals surface area contributed by atoms with Crippen molar-refractivity contribution in [2.45, 2.75) is 31.8 Å². The summed E-state index contributed by atoms with van der Waals surface area (Å²) in [5.74, 6) is 0.355. The second-order valence-electron chi connectivity index (χ2n) is 4.31. The first-order chi connectivity index (χ1) is 7.65. The summed E-state index contributed by atoms with van der Waals surface area (Å²) >= 11 is 0. The van der Waals surface area contributed by atoms with Crippen LogP contribution in [0, 0.1) is 5.92 Å². The van der Waals surface area contributed by atoms with Crippen molar-refractivity contribution < 1.29 is 14.3 Å². The lowest BCUT2D eigenvalue weighted by Gasteiger charge is -2.29. The van der Waals surface area contributed by atoms with Crippen molar-refractivity contribution in [3.63, 3.8) is 0 Å². The molecule has 2 atom stereocenters. The van der Waals surface area contributed by atoms with Gasteiger partial charge < -0.3 is 20.5 Å². The summed E-state index contributed by atoms with van der Waals surface area (Å²) in [6.45, 7) is 3.85. The summed E-state index contributed by atoms with van der Waals surface area (Å²) in [5, 5.41) is 2.93. The van der Waals surface area contributed by atoms with Gasteiger partial charge in [-0.15, -0.1) is 12.4 Å². The fraction of sp³-hybridized carbons (Fsp3) is 0.909. The molecule has 1 rings (SSSR count). The molecule has 0 aromatic rings. The Morgan fingerprint density at radius 3 is 2.65 bits per heavy atom. The van der Waals surface area contributed by atoms with Crippen LogP contribution in [0.3, 0.4) is 0 Å². The largest absolute Gasteiger partial charge is 0.383 e. The molecule has 0 aromatic carbocycles. The molecule has 0 aliphatic carbocycles. The summed E-state index contributed by atoms with van der Waals surface area (Å²) in [7, 11) is 1.54. The minimum Gasteiger partial charge on any atom is -0.383 e. The van der Waals surface area contributed by atoms with E-state index in [1.54, 1.807) is 0 Å². The SMILES string of the molecule is COCC(N)C(=O)NC(C)C1CCOCC1.Cl. The molecule has 17 heavy (non-hydrogen) atoms. The number of carbonyl (C=O) groups is 1. The average Bonchev–Trinajstić information content (AvgIpc) is 2.30. The van der Waals surface area contributed by atoms with Gasteiger partial charge in [0.1, 0.15) is 6.04 Å². The van der Waals surface area contributed by atoms with Gasteiger partial charge >= 0.3 is 0 Å². The number of nitrogens with two attached hydrogens (primary N) is 1. The van der Waals surface area contributed by atoms with Crippen LogP contribution in [0.5, 0.6) is 0 Å². The number of hydrogen-bond donors (Lipinski definition) is 2. The quantitative estimate of drug-likeness (QED) is 0.751. The molecule has 102 valence electrons. The number of amides is 1. The Kier molecular flexibility index (Phi) is 8.51. The fourth-order valence-corrected chi connectivity index (χ4v) is 1.92. The molecule has 1 heterocycles. The van der Waals surface area contributed by atoms with E-state index in [0.29, 0.717) is 5.92 Å². The molecule has 1 amide bonds. The van der Waals surface area contributed by atoms with Crippen LogP contribution in [0.25, 0.3) is 0 Å². The third kappa shape index (κ3) is 5.68. The molecule has 1 aliphatic heterocycles. The lowest BCUT2D eigenvalue weighted by atomic mass is 9.93. The monoisotopic (exact) mass is 266 g/mol. The highest BCUT2D eigenvalue weighted by atomic mass is 35.5. The minimum atomic E-state index is -0.577. The Bertz CT molecular complexity index is 223. The Morgan fingerprint density at radius 2 is 2.12 bits per heavy atom.